The van der Waals surface area contributed by atoms with E-state index >= 15 is 0 Å². The van der Waals surface area contributed by atoms with E-state index in [9.17, 15) is 9.59 Å². The van der Waals surface area contributed by atoms with E-state index < -0.39 is 12.2 Å². The number of methoxy groups -OCH3 is 1. The number of nitrogens with zero attached hydrogens (tertiary/aromatic N) is 2. The second-order valence-corrected chi connectivity index (χ2v) is 3.31. The van der Waals surface area contributed by atoms with Crippen LogP contribution in [0.5, 0.6) is 0 Å². The van der Waals surface area contributed by atoms with Gasteiger partial charge in [-0.15, -0.1) is 0 Å². The molecule has 0 radical (unpaired) electrons. The summed E-state index contributed by atoms with van der Waals surface area (Å²) in [6, 6.07) is 0. The molecule has 0 aliphatic heterocycles. The van der Waals surface area contributed by atoms with Crippen LogP contribution in [0.15, 0.2) is 10.2 Å². The highest BCUT2D eigenvalue weighted by atomic mass is 16.6. The molecule has 1 saturated carbocycles. The second kappa shape index (κ2) is 6.10. The first-order valence-corrected chi connectivity index (χ1v) is 4.92. The minimum Gasteiger partial charge on any atom is -0.450 e. The summed E-state index contributed by atoms with van der Waals surface area (Å²) < 4.78 is 9.16. The van der Waals surface area contributed by atoms with Crippen molar-refractivity contribution >= 4 is 12.2 Å². The lowest BCUT2D eigenvalue weighted by Gasteiger charge is -2.20. The predicted molar refractivity (Wildman–Crippen MR) is 50.6 cm³/mol. The van der Waals surface area contributed by atoms with Crippen LogP contribution in [0.4, 0.5) is 9.59 Å². The fourth-order valence-corrected chi connectivity index (χ4v) is 1.47. The fourth-order valence-electron chi connectivity index (χ4n) is 1.47. The fraction of sp³-hybridized carbons (Fsp3) is 0.778. The van der Waals surface area contributed by atoms with Crippen molar-refractivity contribution in [2.24, 2.45) is 10.2 Å². The molecule has 0 bridgehead atoms. The number of amides is 2. The molecule has 1 aliphatic carbocycles. The third-order valence-corrected chi connectivity index (χ3v) is 2.21. The molecular weight excluding hydrogens is 200 g/mol. The first-order chi connectivity index (χ1) is 7.22. The molecule has 0 unspecified atom stereocenters. The number of rotatable bonds is 1. The quantitative estimate of drug-likeness (QED) is 0.628. The van der Waals surface area contributed by atoms with Crippen molar-refractivity contribution in [1.29, 1.82) is 0 Å². The molecule has 2 amide bonds. The zero-order valence-electron chi connectivity index (χ0n) is 8.64. The predicted octanol–water partition coefficient (Wildman–Crippen LogP) is 2.67. The Morgan fingerprint density at radius 2 is 1.67 bits per heavy atom. The van der Waals surface area contributed by atoms with Gasteiger partial charge >= 0.3 is 12.2 Å². The van der Waals surface area contributed by atoms with Crippen LogP contribution in [-0.2, 0) is 9.47 Å². The van der Waals surface area contributed by atoms with Crippen LogP contribution >= 0.6 is 0 Å². The third-order valence-electron chi connectivity index (χ3n) is 2.21. The van der Waals surface area contributed by atoms with Gasteiger partial charge in [0.25, 0.3) is 0 Å². The summed E-state index contributed by atoms with van der Waals surface area (Å²) in [5.41, 5.74) is 0. The molecule has 0 heterocycles. The van der Waals surface area contributed by atoms with E-state index in [1.54, 1.807) is 0 Å². The number of hydrogen-bond acceptors (Lipinski definition) is 4. The van der Waals surface area contributed by atoms with Crippen LogP contribution in [0, 0.1) is 0 Å². The van der Waals surface area contributed by atoms with Gasteiger partial charge < -0.3 is 9.47 Å². The molecule has 0 aromatic heterocycles. The summed E-state index contributed by atoms with van der Waals surface area (Å²) in [6.07, 6.45) is 3.21. The van der Waals surface area contributed by atoms with Crippen molar-refractivity contribution in [3.8, 4) is 0 Å². The highest BCUT2D eigenvalue weighted by Crippen LogP contribution is 2.20. The summed E-state index contributed by atoms with van der Waals surface area (Å²) in [7, 11) is 1.16. The van der Waals surface area contributed by atoms with E-state index in [0.29, 0.717) is 0 Å². The van der Waals surface area contributed by atoms with Crippen LogP contribution in [-0.4, -0.2) is 25.4 Å². The van der Waals surface area contributed by atoms with Crippen molar-refractivity contribution in [2.45, 2.75) is 38.2 Å². The molecule has 1 aliphatic rings. The van der Waals surface area contributed by atoms with Crippen molar-refractivity contribution in [3.05, 3.63) is 0 Å². The zero-order valence-corrected chi connectivity index (χ0v) is 8.64. The van der Waals surface area contributed by atoms with Crippen molar-refractivity contribution < 1.29 is 19.1 Å². The third kappa shape index (κ3) is 4.53. The molecule has 0 aromatic rings. The Labute approximate surface area is 87.6 Å². The van der Waals surface area contributed by atoms with Gasteiger partial charge in [0.05, 0.1) is 7.11 Å². The van der Waals surface area contributed by atoms with Crippen LogP contribution in [0.1, 0.15) is 32.1 Å². The maximum absolute atomic E-state index is 11.0. The number of azo groups is 1. The molecule has 0 spiro atoms. The van der Waals surface area contributed by atoms with Gasteiger partial charge in [0.15, 0.2) is 0 Å². The summed E-state index contributed by atoms with van der Waals surface area (Å²) in [5, 5.41) is 6.08. The Balaban J connectivity index is 2.28. The van der Waals surface area contributed by atoms with Crippen LogP contribution in [0.3, 0.4) is 0 Å². The molecular formula is C9H14N2O4. The molecule has 0 atom stereocenters. The number of hydrogen-bond donors (Lipinski definition) is 0. The second-order valence-electron chi connectivity index (χ2n) is 3.31. The summed E-state index contributed by atoms with van der Waals surface area (Å²) >= 11 is 0. The van der Waals surface area contributed by atoms with Gasteiger partial charge in [-0.1, -0.05) is 16.6 Å². The summed E-state index contributed by atoms with van der Waals surface area (Å²) in [4.78, 5) is 21.6. The molecule has 0 saturated heterocycles. The summed E-state index contributed by atoms with van der Waals surface area (Å²) in [6.45, 7) is 0. The molecule has 1 rings (SSSR count). The highest BCUT2D eigenvalue weighted by molar-refractivity contribution is 5.73. The Morgan fingerprint density at radius 1 is 1.07 bits per heavy atom. The lowest BCUT2D eigenvalue weighted by atomic mass is 9.98. The average Bonchev–Trinajstić information content (AvgIpc) is 2.27. The number of carbonyl (C=O) groups is 2. The first kappa shape index (κ1) is 11.6. The lowest BCUT2D eigenvalue weighted by molar-refractivity contribution is 0.0815. The minimum absolute atomic E-state index is 0.0807. The molecule has 84 valence electrons. The van der Waals surface area contributed by atoms with Gasteiger partial charge in [-0.25, -0.2) is 9.59 Å². The SMILES string of the molecule is COC(=O)/N=N/C(=O)OC1CCCCC1. The largest absolute Gasteiger partial charge is 0.452 e. The van der Waals surface area contributed by atoms with Crippen molar-refractivity contribution in [3.63, 3.8) is 0 Å². The zero-order chi connectivity index (χ0) is 11.1. The molecule has 6 nitrogen and oxygen atoms in total. The molecule has 15 heavy (non-hydrogen) atoms. The van der Waals surface area contributed by atoms with Crippen molar-refractivity contribution in [2.75, 3.05) is 7.11 Å². The smallest absolute Gasteiger partial charge is 0.450 e. The van der Waals surface area contributed by atoms with Gasteiger partial charge in [-0.2, -0.15) is 0 Å². The van der Waals surface area contributed by atoms with Crippen LogP contribution in [0.25, 0.3) is 0 Å². The Bertz CT molecular complexity index is 259. The Kier molecular flexibility index (Phi) is 4.73. The van der Waals surface area contributed by atoms with E-state index in [1.807, 2.05) is 0 Å². The minimum atomic E-state index is -0.907. The number of carbonyl (C=O) groups excluding carboxylic acids is 2. The maximum atomic E-state index is 11.0. The van der Waals surface area contributed by atoms with Gasteiger partial charge in [0.2, 0.25) is 0 Å². The van der Waals surface area contributed by atoms with Gasteiger partial charge in [-0.05, 0) is 25.7 Å². The van der Waals surface area contributed by atoms with Crippen molar-refractivity contribution in [1.82, 2.24) is 0 Å². The highest BCUT2D eigenvalue weighted by Gasteiger charge is 2.17. The van der Waals surface area contributed by atoms with Gasteiger partial charge in [0, 0.05) is 0 Å². The van der Waals surface area contributed by atoms with E-state index in [-0.39, 0.29) is 6.10 Å². The average molecular weight is 214 g/mol. The van der Waals surface area contributed by atoms with E-state index in [0.717, 1.165) is 32.8 Å². The van der Waals surface area contributed by atoms with Crippen LogP contribution < -0.4 is 0 Å². The number of ether oxygens (including phenoxy) is 2. The van der Waals surface area contributed by atoms with Gasteiger partial charge in [-0.3, -0.25) is 0 Å². The van der Waals surface area contributed by atoms with E-state index in [1.165, 1.54) is 6.42 Å². The Morgan fingerprint density at radius 3 is 2.27 bits per heavy atom. The van der Waals surface area contributed by atoms with E-state index in [4.69, 9.17) is 4.74 Å². The van der Waals surface area contributed by atoms with Crippen LogP contribution in [0.2, 0.25) is 0 Å². The topological polar surface area (TPSA) is 77.3 Å². The first-order valence-electron chi connectivity index (χ1n) is 4.92. The molecule has 1 fully saturated rings. The standard InChI is InChI=1S/C9H14N2O4/c1-14-8(12)10-11-9(13)15-7-5-3-2-4-6-7/h7H,2-6H2,1H3/b11-10+. The Hall–Kier alpha value is -1.46. The normalized spacial score (nSPS) is 17.7. The van der Waals surface area contributed by atoms with Gasteiger partial charge in [0.1, 0.15) is 6.10 Å². The monoisotopic (exact) mass is 214 g/mol. The van der Waals surface area contributed by atoms with E-state index in [2.05, 4.69) is 15.0 Å². The lowest BCUT2D eigenvalue weighted by Crippen LogP contribution is -2.18. The molecule has 0 N–H and O–H groups in total. The maximum Gasteiger partial charge on any atom is 0.452 e. The molecule has 0 aromatic carbocycles. The molecule has 6 heteroatoms. The summed E-state index contributed by atoms with van der Waals surface area (Å²) in [5.74, 6) is 0.